The highest BCUT2D eigenvalue weighted by Gasteiger charge is 2.04. The predicted octanol–water partition coefficient (Wildman–Crippen LogP) is 0.937. The van der Waals surface area contributed by atoms with Crippen molar-refractivity contribution in [3.05, 3.63) is 27.7 Å². The van der Waals surface area contributed by atoms with Crippen molar-refractivity contribution in [1.29, 1.82) is 0 Å². The highest BCUT2D eigenvalue weighted by molar-refractivity contribution is 6.17. The Morgan fingerprint density at radius 3 is 2.93 bits per heavy atom. The smallest absolute Gasteiger partial charge is 0.271 e. The Labute approximate surface area is 87.5 Å². The quantitative estimate of drug-likeness (QED) is 0.704. The third-order valence-electron chi connectivity index (χ3n) is 1.82. The van der Waals surface area contributed by atoms with Gasteiger partial charge in [0.05, 0.1) is 24.7 Å². The summed E-state index contributed by atoms with van der Waals surface area (Å²) in [4.78, 5) is 11.6. The predicted molar refractivity (Wildman–Crippen MR) is 54.7 cm³/mol. The van der Waals surface area contributed by atoms with E-state index in [-0.39, 0.29) is 11.4 Å². The maximum atomic E-state index is 11.6. The summed E-state index contributed by atoms with van der Waals surface area (Å²) in [5.74, 6) is 0.217. The molecule has 1 aromatic heterocycles. The number of nitrogens with zero attached hydrogens (tertiary/aromatic N) is 2. The Morgan fingerprint density at radius 1 is 1.64 bits per heavy atom. The molecule has 14 heavy (non-hydrogen) atoms. The van der Waals surface area contributed by atoms with E-state index in [0.717, 1.165) is 5.69 Å². The molecule has 0 aliphatic heterocycles. The van der Waals surface area contributed by atoms with Crippen molar-refractivity contribution in [2.24, 2.45) is 0 Å². The molecular weight excluding hydrogens is 204 g/mol. The maximum Gasteiger partial charge on any atom is 0.271 e. The zero-order valence-electron chi connectivity index (χ0n) is 8.29. The molecule has 78 valence electrons. The average molecular weight is 217 g/mol. The number of methoxy groups -OCH3 is 1. The molecule has 5 heteroatoms. The summed E-state index contributed by atoms with van der Waals surface area (Å²) in [6, 6.07) is 1.71. The minimum absolute atomic E-state index is 0.136. The van der Waals surface area contributed by atoms with Crippen molar-refractivity contribution >= 4 is 11.6 Å². The van der Waals surface area contributed by atoms with E-state index in [2.05, 4.69) is 5.10 Å². The van der Waals surface area contributed by atoms with E-state index < -0.39 is 0 Å². The lowest BCUT2D eigenvalue weighted by molar-refractivity contribution is 0.181. The van der Waals surface area contributed by atoms with Gasteiger partial charge in [-0.2, -0.15) is 5.10 Å². The number of hydrogen-bond donors (Lipinski definition) is 0. The lowest BCUT2D eigenvalue weighted by Crippen LogP contribution is -2.28. The summed E-state index contributed by atoms with van der Waals surface area (Å²) >= 11 is 5.64. The number of rotatable bonds is 4. The van der Waals surface area contributed by atoms with Crippen LogP contribution in [0.3, 0.4) is 0 Å². The topological polar surface area (TPSA) is 44.1 Å². The van der Waals surface area contributed by atoms with E-state index in [4.69, 9.17) is 16.3 Å². The van der Waals surface area contributed by atoms with Gasteiger partial charge in [-0.25, -0.2) is 4.68 Å². The number of aryl methyl sites for hydroxylation is 1. The summed E-state index contributed by atoms with van der Waals surface area (Å²) in [6.45, 7) is 2.76. The second kappa shape index (κ2) is 5.12. The first-order valence-electron chi connectivity index (χ1n) is 4.31. The summed E-state index contributed by atoms with van der Waals surface area (Å²) in [5, 5.41) is 4.08. The van der Waals surface area contributed by atoms with Crippen LogP contribution in [0.15, 0.2) is 10.9 Å². The molecule has 0 saturated heterocycles. The van der Waals surface area contributed by atoms with E-state index >= 15 is 0 Å². The molecule has 4 nitrogen and oxygen atoms in total. The second-order valence-corrected chi connectivity index (χ2v) is 3.23. The molecule has 0 aliphatic carbocycles. The normalized spacial score (nSPS) is 10.5. The highest BCUT2D eigenvalue weighted by Crippen LogP contribution is 1.98. The first kappa shape index (κ1) is 11.2. The Bertz CT molecular complexity index is 362. The number of ether oxygens (including phenoxy) is 1. The van der Waals surface area contributed by atoms with Crippen LogP contribution >= 0.6 is 11.6 Å². The highest BCUT2D eigenvalue weighted by atomic mass is 35.5. The summed E-state index contributed by atoms with van der Waals surface area (Å²) in [7, 11) is 1.59. The van der Waals surface area contributed by atoms with Gasteiger partial charge < -0.3 is 4.74 Å². The van der Waals surface area contributed by atoms with E-state index in [1.54, 1.807) is 13.2 Å². The molecular formula is C9H13ClN2O2. The van der Waals surface area contributed by atoms with Crippen LogP contribution < -0.4 is 5.56 Å². The van der Waals surface area contributed by atoms with Crippen molar-refractivity contribution in [2.45, 2.75) is 19.3 Å². The first-order valence-corrected chi connectivity index (χ1v) is 4.85. The fourth-order valence-electron chi connectivity index (χ4n) is 1.17. The Morgan fingerprint density at radius 2 is 2.36 bits per heavy atom. The van der Waals surface area contributed by atoms with Gasteiger partial charge in [-0.15, -0.1) is 11.6 Å². The lowest BCUT2D eigenvalue weighted by Gasteiger charge is -2.06. The van der Waals surface area contributed by atoms with Crippen molar-refractivity contribution in [2.75, 3.05) is 13.7 Å². The molecule has 0 atom stereocenters. The van der Waals surface area contributed by atoms with E-state index in [1.165, 1.54) is 4.68 Å². The molecule has 0 aliphatic rings. The number of hydrogen-bond acceptors (Lipinski definition) is 3. The fraction of sp³-hybridized carbons (Fsp3) is 0.556. The summed E-state index contributed by atoms with van der Waals surface area (Å²) in [5.41, 5.74) is 1.23. The lowest BCUT2D eigenvalue weighted by atomic mass is 10.3. The number of halogens is 1. The van der Waals surface area contributed by atoms with Gasteiger partial charge >= 0.3 is 0 Å². The molecule has 0 radical (unpaired) electrons. The van der Waals surface area contributed by atoms with Gasteiger partial charge in [0.15, 0.2) is 0 Å². The number of alkyl halides is 1. The van der Waals surface area contributed by atoms with Crippen LogP contribution in [0, 0.1) is 6.92 Å². The van der Waals surface area contributed by atoms with Crippen LogP contribution in [-0.2, 0) is 17.2 Å². The molecule has 0 amide bonds. The molecule has 0 spiro atoms. The van der Waals surface area contributed by atoms with Crippen LogP contribution in [0.5, 0.6) is 0 Å². The van der Waals surface area contributed by atoms with Crippen molar-refractivity contribution in [3.63, 3.8) is 0 Å². The molecule has 1 rings (SSSR count). The Kier molecular flexibility index (Phi) is 4.10. The standard InChI is InChI=1S/C9H13ClN2O2/c1-7-5-8(6-10)9(13)12(11-7)3-4-14-2/h5H,3-4,6H2,1-2H3. The first-order chi connectivity index (χ1) is 6.69. The van der Waals surface area contributed by atoms with Gasteiger partial charge in [0.2, 0.25) is 0 Å². The van der Waals surface area contributed by atoms with Crippen LogP contribution in [0.4, 0.5) is 0 Å². The van der Waals surface area contributed by atoms with Gasteiger partial charge in [-0.05, 0) is 13.0 Å². The Balaban J connectivity index is 3.03. The molecule has 0 bridgehead atoms. The van der Waals surface area contributed by atoms with Crippen LogP contribution in [0.2, 0.25) is 0 Å². The molecule has 0 unspecified atom stereocenters. The largest absolute Gasteiger partial charge is 0.383 e. The third kappa shape index (κ3) is 2.56. The van der Waals surface area contributed by atoms with Crippen LogP contribution in [0.25, 0.3) is 0 Å². The van der Waals surface area contributed by atoms with Gasteiger partial charge in [-0.1, -0.05) is 0 Å². The molecule has 0 fully saturated rings. The average Bonchev–Trinajstić information content (AvgIpc) is 2.18. The van der Waals surface area contributed by atoms with Gasteiger partial charge in [-0.3, -0.25) is 4.79 Å². The van der Waals surface area contributed by atoms with E-state index in [1.807, 2.05) is 6.92 Å². The van der Waals surface area contributed by atoms with Crippen LogP contribution in [-0.4, -0.2) is 23.5 Å². The minimum Gasteiger partial charge on any atom is -0.383 e. The summed E-state index contributed by atoms with van der Waals surface area (Å²) < 4.78 is 6.27. The van der Waals surface area contributed by atoms with Crippen molar-refractivity contribution < 1.29 is 4.74 Å². The van der Waals surface area contributed by atoms with Gasteiger partial charge in [0.25, 0.3) is 5.56 Å². The monoisotopic (exact) mass is 216 g/mol. The van der Waals surface area contributed by atoms with E-state index in [0.29, 0.717) is 18.7 Å². The summed E-state index contributed by atoms with van der Waals surface area (Å²) in [6.07, 6.45) is 0. The molecule has 0 saturated carbocycles. The van der Waals surface area contributed by atoms with E-state index in [9.17, 15) is 4.79 Å². The van der Waals surface area contributed by atoms with Crippen LogP contribution in [0.1, 0.15) is 11.3 Å². The van der Waals surface area contributed by atoms with Crippen molar-refractivity contribution in [1.82, 2.24) is 9.78 Å². The molecule has 0 aromatic carbocycles. The molecule has 0 N–H and O–H groups in total. The van der Waals surface area contributed by atoms with Crippen molar-refractivity contribution in [3.8, 4) is 0 Å². The number of aromatic nitrogens is 2. The molecule has 1 heterocycles. The van der Waals surface area contributed by atoms with Gasteiger partial charge in [0.1, 0.15) is 0 Å². The zero-order chi connectivity index (χ0) is 10.6. The Hall–Kier alpha value is -0.870. The molecule has 1 aromatic rings. The second-order valence-electron chi connectivity index (χ2n) is 2.97. The zero-order valence-corrected chi connectivity index (χ0v) is 9.04. The fourth-order valence-corrected chi connectivity index (χ4v) is 1.36. The maximum absolute atomic E-state index is 11.6. The van der Waals surface area contributed by atoms with Gasteiger partial charge in [0, 0.05) is 12.7 Å². The minimum atomic E-state index is -0.136. The SMILES string of the molecule is COCCn1nc(C)cc(CCl)c1=O. The third-order valence-corrected chi connectivity index (χ3v) is 2.11.